The van der Waals surface area contributed by atoms with Gasteiger partial charge < -0.3 is 20.5 Å². The predicted octanol–water partition coefficient (Wildman–Crippen LogP) is 0.467. The number of benzene rings is 1. The molecule has 1 amide bonds. The average molecular weight is 278 g/mol. The molecule has 0 aromatic heterocycles. The molecule has 0 unspecified atom stereocenters. The molecule has 5 heteroatoms. The summed E-state index contributed by atoms with van der Waals surface area (Å²) in [6.07, 6.45) is 1.92. The molecule has 2 rings (SSSR count). The van der Waals surface area contributed by atoms with Crippen LogP contribution in [0.15, 0.2) is 24.3 Å². The van der Waals surface area contributed by atoms with Gasteiger partial charge in [-0.2, -0.15) is 0 Å². The fourth-order valence-electron chi connectivity index (χ4n) is 2.34. The number of nitrogens with one attached hydrogen (secondary N) is 2. The molecule has 0 spiro atoms. The number of carbonyl (C=O) groups excluding carboxylic acids is 1. The molecule has 5 nitrogen and oxygen atoms in total. The normalized spacial score (nSPS) is 21.7. The molecule has 110 valence electrons. The van der Waals surface area contributed by atoms with E-state index in [0.29, 0.717) is 19.5 Å². The molecular formula is C15H22N2O3. The minimum Gasteiger partial charge on any atom is -0.497 e. The molecule has 0 radical (unpaired) electrons. The lowest BCUT2D eigenvalue weighted by molar-refractivity contribution is -0.122. The quantitative estimate of drug-likeness (QED) is 0.662. The molecule has 1 aromatic rings. The summed E-state index contributed by atoms with van der Waals surface area (Å²) >= 11 is 0. The van der Waals surface area contributed by atoms with Crippen LogP contribution in [0.4, 0.5) is 0 Å². The van der Waals surface area contributed by atoms with E-state index in [1.54, 1.807) is 7.11 Å². The van der Waals surface area contributed by atoms with Crippen LogP contribution in [0.2, 0.25) is 0 Å². The largest absolute Gasteiger partial charge is 0.497 e. The van der Waals surface area contributed by atoms with Crippen molar-refractivity contribution in [2.24, 2.45) is 0 Å². The number of carbonyl (C=O) groups is 1. The maximum atomic E-state index is 11.8. The van der Waals surface area contributed by atoms with E-state index in [-0.39, 0.29) is 11.9 Å². The predicted molar refractivity (Wildman–Crippen MR) is 76.7 cm³/mol. The number of aliphatic hydroxyl groups is 1. The maximum absolute atomic E-state index is 11.8. The summed E-state index contributed by atoms with van der Waals surface area (Å²) in [7, 11) is 1.65. The third kappa shape index (κ3) is 4.21. The fourth-order valence-corrected chi connectivity index (χ4v) is 2.34. The second-order valence-electron chi connectivity index (χ2n) is 5.09. The van der Waals surface area contributed by atoms with E-state index in [2.05, 4.69) is 10.6 Å². The van der Waals surface area contributed by atoms with Gasteiger partial charge >= 0.3 is 0 Å². The van der Waals surface area contributed by atoms with Gasteiger partial charge in [0.25, 0.3) is 0 Å². The van der Waals surface area contributed by atoms with E-state index in [1.807, 2.05) is 24.3 Å². The molecule has 1 aliphatic heterocycles. The molecule has 1 saturated heterocycles. The van der Waals surface area contributed by atoms with Crippen LogP contribution in [0.25, 0.3) is 0 Å². The zero-order valence-corrected chi connectivity index (χ0v) is 11.8. The van der Waals surface area contributed by atoms with E-state index in [0.717, 1.165) is 18.6 Å². The molecule has 1 fully saturated rings. The van der Waals surface area contributed by atoms with Crippen LogP contribution in [-0.2, 0) is 11.2 Å². The van der Waals surface area contributed by atoms with Crippen LogP contribution in [0.5, 0.6) is 5.75 Å². The summed E-state index contributed by atoms with van der Waals surface area (Å²) in [5, 5.41) is 15.3. The Morgan fingerprint density at radius 1 is 1.45 bits per heavy atom. The van der Waals surface area contributed by atoms with Gasteiger partial charge in [-0.1, -0.05) is 12.1 Å². The van der Waals surface area contributed by atoms with E-state index < -0.39 is 6.10 Å². The summed E-state index contributed by atoms with van der Waals surface area (Å²) in [6.45, 7) is 1.16. The molecule has 0 saturated carbocycles. The summed E-state index contributed by atoms with van der Waals surface area (Å²) in [4.78, 5) is 11.8. The molecular weight excluding hydrogens is 256 g/mol. The van der Waals surface area contributed by atoms with Gasteiger partial charge in [0.05, 0.1) is 19.3 Å². The van der Waals surface area contributed by atoms with Crippen molar-refractivity contribution in [2.45, 2.75) is 31.4 Å². The zero-order valence-electron chi connectivity index (χ0n) is 11.8. The highest BCUT2D eigenvalue weighted by Gasteiger charge is 2.27. The van der Waals surface area contributed by atoms with Crippen molar-refractivity contribution in [3.8, 4) is 5.75 Å². The lowest BCUT2D eigenvalue weighted by Crippen LogP contribution is -2.40. The third-order valence-corrected chi connectivity index (χ3v) is 3.52. The second kappa shape index (κ2) is 7.26. The van der Waals surface area contributed by atoms with Crippen molar-refractivity contribution in [2.75, 3.05) is 20.2 Å². The Hall–Kier alpha value is -1.59. The minimum atomic E-state index is -0.398. The Bertz CT molecular complexity index is 433. The highest BCUT2D eigenvalue weighted by Crippen LogP contribution is 2.12. The van der Waals surface area contributed by atoms with E-state index >= 15 is 0 Å². The van der Waals surface area contributed by atoms with Crippen molar-refractivity contribution >= 4 is 5.91 Å². The van der Waals surface area contributed by atoms with Gasteiger partial charge in [0.2, 0.25) is 5.91 Å². The molecule has 3 N–H and O–H groups in total. The number of rotatable bonds is 6. The number of hydrogen-bond donors (Lipinski definition) is 3. The smallest absolute Gasteiger partial charge is 0.237 e. The van der Waals surface area contributed by atoms with Crippen molar-refractivity contribution in [1.29, 1.82) is 0 Å². The number of aliphatic hydroxyl groups excluding tert-OH is 1. The van der Waals surface area contributed by atoms with Crippen LogP contribution in [0, 0.1) is 0 Å². The van der Waals surface area contributed by atoms with Crippen molar-refractivity contribution in [3.63, 3.8) is 0 Å². The topological polar surface area (TPSA) is 70.6 Å². The van der Waals surface area contributed by atoms with Crippen LogP contribution in [0.3, 0.4) is 0 Å². The Morgan fingerprint density at radius 2 is 2.20 bits per heavy atom. The van der Waals surface area contributed by atoms with Crippen LogP contribution in [-0.4, -0.2) is 43.4 Å². The van der Waals surface area contributed by atoms with E-state index in [9.17, 15) is 9.90 Å². The standard InChI is InChI=1S/C15H22N2O3/c1-20-13-6-4-11(5-7-13)3-2-8-16-15(19)14-9-12(18)10-17-14/h4-7,12,14,17-18H,2-3,8-10H2,1H3,(H,16,19)/t12-,14-/m0/s1. The van der Waals surface area contributed by atoms with E-state index in [1.165, 1.54) is 5.56 Å². The van der Waals surface area contributed by atoms with E-state index in [4.69, 9.17) is 4.74 Å². The third-order valence-electron chi connectivity index (χ3n) is 3.52. The molecule has 1 aliphatic rings. The highest BCUT2D eigenvalue weighted by molar-refractivity contribution is 5.82. The van der Waals surface area contributed by atoms with Crippen LogP contribution < -0.4 is 15.4 Å². The van der Waals surface area contributed by atoms with Crippen molar-refractivity contribution < 1.29 is 14.6 Å². The van der Waals surface area contributed by atoms with Gasteiger partial charge in [0.15, 0.2) is 0 Å². The first-order chi connectivity index (χ1) is 9.69. The first-order valence-corrected chi connectivity index (χ1v) is 7.01. The second-order valence-corrected chi connectivity index (χ2v) is 5.09. The number of hydrogen-bond acceptors (Lipinski definition) is 4. The number of amides is 1. The first kappa shape index (κ1) is 14.8. The summed E-state index contributed by atoms with van der Waals surface area (Å²) in [5.74, 6) is 0.837. The SMILES string of the molecule is COc1ccc(CCCNC(=O)[C@@H]2C[C@H](O)CN2)cc1. The number of ether oxygens (including phenoxy) is 1. The number of methoxy groups -OCH3 is 1. The van der Waals surface area contributed by atoms with Gasteiger partial charge in [-0.15, -0.1) is 0 Å². The van der Waals surface area contributed by atoms with Gasteiger partial charge in [-0.25, -0.2) is 0 Å². The molecule has 2 atom stereocenters. The number of β-amino-alcohol motifs (C(OH)–C–C–N with tert-alkyl or cyclic N) is 1. The lowest BCUT2D eigenvalue weighted by atomic mass is 10.1. The summed E-state index contributed by atoms with van der Waals surface area (Å²) in [5.41, 5.74) is 1.23. The lowest BCUT2D eigenvalue weighted by Gasteiger charge is -2.11. The van der Waals surface area contributed by atoms with Gasteiger partial charge in [0.1, 0.15) is 5.75 Å². The molecule has 1 heterocycles. The molecule has 0 aliphatic carbocycles. The van der Waals surface area contributed by atoms with Crippen molar-refractivity contribution in [3.05, 3.63) is 29.8 Å². The van der Waals surface area contributed by atoms with Gasteiger partial charge in [-0.3, -0.25) is 4.79 Å². The van der Waals surface area contributed by atoms with Crippen molar-refractivity contribution in [1.82, 2.24) is 10.6 Å². The van der Waals surface area contributed by atoms with Gasteiger partial charge in [-0.05, 0) is 37.0 Å². The first-order valence-electron chi connectivity index (χ1n) is 7.01. The average Bonchev–Trinajstić information content (AvgIpc) is 2.91. The zero-order chi connectivity index (χ0) is 14.4. The molecule has 1 aromatic carbocycles. The number of aryl methyl sites for hydroxylation is 1. The van der Waals surface area contributed by atoms with Crippen LogP contribution in [0.1, 0.15) is 18.4 Å². The van der Waals surface area contributed by atoms with Crippen LogP contribution >= 0.6 is 0 Å². The molecule has 0 bridgehead atoms. The molecule has 20 heavy (non-hydrogen) atoms. The fraction of sp³-hybridized carbons (Fsp3) is 0.533. The maximum Gasteiger partial charge on any atom is 0.237 e. The highest BCUT2D eigenvalue weighted by atomic mass is 16.5. The Balaban J connectivity index is 1.64. The van der Waals surface area contributed by atoms with Gasteiger partial charge in [0, 0.05) is 13.1 Å². The summed E-state index contributed by atoms with van der Waals surface area (Å²) in [6, 6.07) is 7.71. The Labute approximate surface area is 119 Å². The minimum absolute atomic E-state index is 0.0173. The Kier molecular flexibility index (Phi) is 5.38. The monoisotopic (exact) mass is 278 g/mol. The Morgan fingerprint density at radius 3 is 2.80 bits per heavy atom. The summed E-state index contributed by atoms with van der Waals surface area (Å²) < 4.78 is 5.11.